The maximum atomic E-state index is 11.8. The molecule has 5 heteroatoms. The summed E-state index contributed by atoms with van der Waals surface area (Å²) in [6, 6.07) is 10.0. The molecule has 0 aliphatic carbocycles. The Bertz CT molecular complexity index is 643. The molecule has 0 spiro atoms. The number of aliphatic hydroxyl groups excluding tert-OH is 1. The molecule has 1 aromatic carbocycles. The molecule has 2 aromatic rings. The molecule has 2 N–H and O–H groups in total. The lowest BCUT2D eigenvalue weighted by Crippen LogP contribution is -2.37. The van der Waals surface area contributed by atoms with Crippen molar-refractivity contribution in [1.29, 1.82) is 0 Å². The topological polar surface area (TPSA) is 67.2 Å². The van der Waals surface area contributed by atoms with Crippen molar-refractivity contribution in [3.8, 4) is 5.69 Å². The van der Waals surface area contributed by atoms with Crippen molar-refractivity contribution in [1.82, 2.24) is 15.1 Å². The quantitative estimate of drug-likeness (QED) is 0.824. The lowest BCUT2D eigenvalue weighted by atomic mass is 10.1. The lowest BCUT2D eigenvalue weighted by molar-refractivity contribution is -0.122. The minimum atomic E-state index is -0.143. The Hall–Kier alpha value is -2.14. The van der Waals surface area contributed by atoms with Gasteiger partial charge in [0.1, 0.15) is 0 Å². The van der Waals surface area contributed by atoms with Crippen molar-refractivity contribution in [3.05, 3.63) is 47.3 Å². The molecular formula is C18H25N3O2. The zero-order valence-corrected chi connectivity index (χ0v) is 14.0. The van der Waals surface area contributed by atoms with Crippen molar-refractivity contribution >= 4 is 5.91 Å². The molecule has 0 radical (unpaired) electrons. The van der Waals surface area contributed by atoms with Crippen LogP contribution >= 0.6 is 0 Å². The monoisotopic (exact) mass is 315 g/mol. The van der Waals surface area contributed by atoms with Gasteiger partial charge in [0.25, 0.3) is 0 Å². The van der Waals surface area contributed by atoms with Crippen molar-refractivity contribution in [2.45, 2.75) is 46.1 Å². The predicted octanol–water partition coefficient (Wildman–Crippen LogP) is 2.31. The molecule has 23 heavy (non-hydrogen) atoms. The van der Waals surface area contributed by atoms with Gasteiger partial charge in [0, 0.05) is 12.1 Å². The number of hydrogen-bond donors (Lipinski definition) is 2. The molecule has 1 unspecified atom stereocenters. The van der Waals surface area contributed by atoms with E-state index in [4.69, 9.17) is 5.11 Å². The van der Waals surface area contributed by atoms with Gasteiger partial charge in [0.2, 0.25) is 5.91 Å². The van der Waals surface area contributed by atoms with E-state index >= 15 is 0 Å². The first-order chi connectivity index (χ1) is 11.0. The summed E-state index contributed by atoms with van der Waals surface area (Å²) in [4.78, 5) is 11.8. The van der Waals surface area contributed by atoms with Gasteiger partial charge in [-0.15, -0.1) is 0 Å². The highest BCUT2D eigenvalue weighted by atomic mass is 16.3. The number of aromatic nitrogens is 2. The van der Waals surface area contributed by atoms with Gasteiger partial charge in [-0.25, -0.2) is 4.68 Å². The molecular weight excluding hydrogens is 290 g/mol. The fraction of sp³-hybridized carbons (Fsp3) is 0.444. The third-order valence-electron chi connectivity index (χ3n) is 3.91. The summed E-state index contributed by atoms with van der Waals surface area (Å²) in [5, 5.41) is 16.4. The minimum absolute atomic E-state index is 0.0143. The second kappa shape index (κ2) is 7.92. The van der Waals surface area contributed by atoms with E-state index < -0.39 is 0 Å². The molecule has 0 aliphatic rings. The maximum absolute atomic E-state index is 11.8. The van der Waals surface area contributed by atoms with Crippen LogP contribution in [-0.4, -0.2) is 33.4 Å². The van der Waals surface area contributed by atoms with Crippen LogP contribution in [0, 0.1) is 13.8 Å². The van der Waals surface area contributed by atoms with Crippen molar-refractivity contribution in [2.24, 2.45) is 0 Å². The highest BCUT2D eigenvalue weighted by Gasteiger charge is 2.09. The van der Waals surface area contributed by atoms with Gasteiger partial charge < -0.3 is 10.4 Å². The average Bonchev–Trinajstić information content (AvgIpc) is 2.89. The van der Waals surface area contributed by atoms with Crippen LogP contribution in [0.25, 0.3) is 5.69 Å². The van der Waals surface area contributed by atoms with Crippen LogP contribution < -0.4 is 5.32 Å². The second-order valence-corrected chi connectivity index (χ2v) is 5.86. The van der Waals surface area contributed by atoms with E-state index in [9.17, 15) is 4.79 Å². The van der Waals surface area contributed by atoms with E-state index in [1.165, 1.54) is 0 Å². The van der Waals surface area contributed by atoms with Crippen LogP contribution in [0.1, 0.15) is 36.7 Å². The number of hydrogen-bond acceptors (Lipinski definition) is 3. The lowest BCUT2D eigenvalue weighted by Gasteiger charge is -2.13. The zero-order valence-electron chi connectivity index (χ0n) is 14.0. The van der Waals surface area contributed by atoms with Crippen molar-refractivity contribution < 1.29 is 9.90 Å². The van der Waals surface area contributed by atoms with E-state index in [0.717, 1.165) is 29.1 Å². The first-order valence-electron chi connectivity index (χ1n) is 8.06. The average molecular weight is 315 g/mol. The van der Waals surface area contributed by atoms with Crippen LogP contribution in [0.15, 0.2) is 30.3 Å². The molecule has 5 nitrogen and oxygen atoms in total. The van der Waals surface area contributed by atoms with E-state index in [1.54, 1.807) is 0 Å². The van der Waals surface area contributed by atoms with Gasteiger partial charge >= 0.3 is 0 Å². The summed E-state index contributed by atoms with van der Waals surface area (Å²) in [6.07, 6.45) is 1.85. The largest absolute Gasteiger partial charge is 0.394 e. The van der Waals surface area contributed by atoms with Crippen LogP contribution in [0.5, 0.6) is 0 Å². The molecule has 124 valence electrons. The van der Waals surface area contributed by atoms with E-state index in [2.05, 4.69) is 10.4 Å². The number of carbonyl (C=O) groups is 1. The number of amides is 1. The second-order valence-electron chi connectivity index (χ2n) is 5.86. The molecule has 1 aromatic heterocycles. The number of aryl methyl sites for hydroxylation is 3. The molecule has 0 aliphatic heterocycles. The number of aliphatic hydroxyl groups is 1. The molecule has 2 rings (SSSR count). The van der Waals surface area contributed by atoms with Gasteiger partial charge in [-0.1, -0.05) is 19.1 Å². The first-order valence-corrected chi connectivity index (χ1v) is 8.06. The SMILES string of the molecule is CCC(CO)NC(=O)CCc1ccc(-n2nc(C)cc2C)cc1. The molecule has 1 heterocycles. The third kappa shape index (κ3) is 4.66. The Morgan fingerprint density at radius 2 is 2.00 bits per heavy atom. The Morgan fingerprint density at radius 1 is 1.30 bits per heavy atom. The summed E-state index contributed by atoms with van der Waals surface area (Å²) in [5.41, 5.74) is 4.24. The standard InChI is InChI=1S/C18H25N3O2/c1-4-16(12-22)19-18(23)10-7-15-5-8-17(9-6-15)21-14(3)11-13(2)20-21/h5-6,8-9,11,16,22H,4,7,10,12H2,1-3H3,(H,19,23). The predicted molar refractivity (Wildman–Crippen MR) is 90.7 cm³/mol. The van der Waals surface area contributed by atoms with Crippen LogP contribution in [0.4, 0.5) is 0 Å². The Labute approximate surface area is 137 Å². The number of nitrogens with one attached hydrogen (secondary N) is 1. The summed E-state index contributed by atoms with van der Waals surface area (Å²) >= 11 is 0. The fourth-order valence-electron chi connectivity index (χ4n) is 2.53. The molecule has 1 atom stereocenters. The minimum Gasteiger partial charge on any atom is -0.394 e. The summed E-state index contributed by atoms with van der Waals surface area (Å²) in [7, 11) is 0. The van der Waals surface area contributed by atoms with E-state index in [1.807, 2.05) is 55.8 Å². The summed E-state index contributed by atoms with van der Waals surface area (Å²) in [6.45, 7) is 5.94. The molecule has 0 fully saturated rings. The van der Waals surface area contributed by atoms with Gasteiger partial charge in [-0.2, -0.15) is 5.10 Å². The van der Waals surface area contributed by atoms with Crippen LogP contribution in [0.2, 0.25) is 0 Å². The Balaban J connectivity index is 1.93. The molecule has 0 bridgehead atoms. The van der Waals surface area contributed by atoms with Gasteiger partial charge in [0.05, 0.1) is 24.0 Å². The first kappa shape index (κ1) is 17.2. The van der Waals surface area contributed by atoms with E-state index in [0.29, 0.717) is 12.8 Å². The summed E-state index contributed by atoms with van der Waals surface area (Å²) < 4.78 is 1.92. The van der Waals surface area contributed by atoms with Crippen molar-refractivity contribution in [3.63, 3.8) is 0 Å². The third-order valence-corrected chi connectivity index (χ3v) is 3.91. The number of benzene rings is 1. The number of nitrogens with zero attached hydrogens (tertiary/aromatic N) is 2. The summed E-state index contributed by atoms with van der Waals surface area (Å²) in [5.74, 6) is -0.0199. The number of rotatable bonds is 7. The zero-order chi connectivity index (χ0) is 16.8. The smallest absolute Gasteiger partial charge is 0.220 e. The molecule has 0 saturated carbocycles. The number of carbonyl (C=O) groups excluding carboxylic acids is 1. The van der Waals surface area contributed by atoms with Crippen LogP contribution in [-0.2, 0) is 11.2 Å². The maximum Gasteiger partial charge on any atom is 0.220 e. The molecule has 1 amide bonds. The van der Waals surface area contributed by atoms with Gasteiger partial charge in [-0.3, -0.25) is 4.79 Å². The fourth-order valence-corrected chi connectivity index (χ4v) is 2.53. The van der Waals surface area contributed by atoms with Crippen LogP contribution in [0.3, 0.4) is 0 Å². The van der Waals surface area contributed by atoms with E-state index in [-0.39, 0.29) is 18.6 Å². The Kier molecular flexibility index (Phi) is 5.93. The van der Waals surface area contributed by atoms with Crippen molar-refractivity contribution in [2.75, 3.05) is 6.61 Å². The van der Waals surface area contributed by atoms with Gasteiger partial charge in [0.15, 0.2) is 0 Å². The highest BCUT2D eigenvalue weighted by molar-refractivity contribution is 5.76. The Morgan fingerprint density at radius 3 is 2.52 bits per heavy atom. The highest BCUT2D eigenvalue weighted by Crippen LogP contribution is 2.14. The molecule has 0 saturated heterocycles. The van der Waals surface area contributed by atoms with Gasteiger partial charge in [-0.05, 0) is 50.5 Å². The normalized spacial score (nSPS) is 12.2.